The summed E-state index contributed by atoms with van der Waals surface area (Å²) < 4.78 is 12.2. The molecule has 8 heteroatoms. The number of aromatic nitrogens is 3. The van der Waals surface area contributed by atoms with Gasteiger partial charge in [0.1, 0.15) is 29.6 Å². The fourth-order valence-electron chi connectivity index (χ4n) is 2.34. The first kappa shape index (κ1) is 13.9. The van der Waals surface area contributed by atoms with Crippen LogP contribution in [-0.2, 0) is 4.79 Å². The summed E-state index contributed by atoms with van der Waals surface area (Å²) in [6.45, 7) is 0. The number of fused-ring (bicyclic) bond motifs is 1. The highest BCUT2D eigenvalue weighted by atomic mass is 16.5. The number of benzene rings is 1. The van der Waals surface area contributed by atoms with E-state index in [0.29, 0.717) is 17.4 Å². The summed E-state index contributed by atoms with van der Waals surface area (Å²) in [6, 6.07) is 4.90. The van der Waals surface area contributed by atoms with Crippen molar-refractivity contribution in [1.82, 2.24) is 14.8 Å². The lowest BCUT2D eigenvalue weighted by Crippen LogP contribution is -2.24. The third-order valence-electron chi connectivity index (χ3n) is 3.40. The monoisotopic (exact) mass is 302 g/mol. The summed E-state index contributed by atoms with van der Waals surface area (Å²) in [4.78, 5) is 15.3. The molecule has 0 bridgehead atoms. The van der Waals surface area contributed by atoms with Crippen LogP contribution in [0.2, 0.25) is 0 Å². The molecular weight excluding hydrogens is 288 g/mol. The Bertz CT molecular complexity index is 753. The van der Waals surface area contributed by atoms with Gasteiger partial charge in [0.25, 0.3) is 0 Å². The molecule has 0 spiro atoms. The molecule has 22 heavy (non-hydrogen) atoms. The van der Waals surface area contributed by atoms with E-state index in [4.69, 9.17) is 9.47 Å². The van der Waals surface area contributed by atoms with Crippen LogP contribution in [0.25, 0.3) is 0 Å². The molecule has 2 aromatic rings. The number of nitrogens with zero attached hydrogens (tertiary/aromatic N) is 3. The zero-order valence-electron chi connectivity index (χ0n) is 12.0. The van der Waals surface area contributed by atoms with E-state index in [9.17, 15) is 9.90 Å². The van der Waals surface area contributed by atoms with Crippen molar-refractivity contribution in [3.05, 3.63) is 41.9 Å². The number of hydrogen-bond donors (Lipinski definition) is 2. The molecule has 2 heterocycles. The Balaban J connectivity index is 2.13. The molecule has 0 amide bonds. The van der Waals surface area contributed by atoms with Crippen LogP contribution in [0.15, 0.2) is 36.3 Å². The van der Waals surface area contributed by atoms with Gasteiger partial charge in [0.05, 0.1) is 14.2 Å². The van der Waals surface area contributed by atoms with Crippen molar-refractivity contribution in [3.63, 3.8) is 0 Å². The van der Waals surface area contributed by atoms with Crippen molar-refractivity contribution in [2.75, 3.05) is 19.5 Å². The van der Waals surface area contributed by atoms with Crippen molar-refractivity contribution < 1.29 is 19.4 Å². The van der Waals surface area contributed by atoms with Gasteiger partial charge in [0, 0.05) is 11.6 Å². The van der Waals surface area contributed by atoms with Crippen LogP contribution >= 0.6 is 0 Å². The predicted molar refractivity (Wildman–Crippen MR) is 77.0 cm³/mol. The van der Waals surface area contributed by atoms with E-state index in [1.165, 1.54) is 6.33 Å². The highest BCUT2D eigenvalue weighted by Gasteiger charge is 2.27. The number of ether oxygens (including phenoxy) is 2. The SMILES string of the molecule is COc1ccc([C@H]2C=C(C(=O)O)Nc3ncnn32)c(OC)c1. The van der Waals surface area contributed by atoms with E-state index < -0.39 is 12.0 Å². The van der Waals surface area contributed by atoms with E-state index in [2.05, 4.69) is 15.4 Å². The predicted octanol–water partition coefficient (Wildman–Crippen LogP) is 1.28. The summed E-state index contributed by atoms with van der Waals surface area (Å²) in [7, 11) is 3.11. The Kier molecular flexibility index (Phi) is 3.42. The summed E-state index contributed by atoms with van der Waals surface area (Å²) >= 11 is 0. The van der Waals surface area contributed by atoms with E-state index in [-0.39, 0.29) is 5.70 Å². The molecule has 0 aliphatic carbocycles. The Morgan fingerprint density at radius 3 is 2.86 bits per heavy atom. The molecular formula is C14H14N4O4. The number of allylic oxidation sites excluding steroid dienone is 1. The second-order valence-electron chi connectivity index (χ2n) is 4.59. The van der Waals surface area contributed by atoms with Crippen molar-refractivity contribution >= 4 is 11.9 Å². The van der Waals surface area contributed by atoms with Gasteiger partial charge in [0.15, 0.2) is 0 Å². The number of hydrogen-bond acceptors (Lipinski definition) is 6. The van der Waals surface area contributed by atoms with Crippen LogP contribution in [0.3, 0.4) is 0 Å². The first-order valence-electron chi connectivity index (χ1n) is 6.47. The van der Waals surface area contributed by atoms with Gasteiger partial charge < -0.3 is 19.9 Å². The van der Waals surface area contributed by atoms with Gasteiger partial charge >= 0.3 is 5.97 Å². The molecule has 0 unspecified atom stereocenters. The molecule has 1 aromatic heterocycles. The van der Waals surface area contributed by atoms with E-state index in [1.54, 1.807) is 37.1 Å². The first-order valence-corrected chi connectivity index (χ1v) is 6.47. The molecule has 1 aromatic carbocycles. The van der Waals surface area contributed by atoms with Gasteiger partial charge in [-0.3, -0.25) is 0 Å². The largest absolute Gasteiger partial charge is 0.497 e. The topological polar surface area (TPSA) is 98.5 Å². The Labute approximate surface area is 126 Å². The average Bonchev–Trinajstić information content (AvgIpc) is 3.01. The van der Waals surface area contributed by atoms with E-state index >= 15 is 0 Å². The molecule has 2 N–H and O–H groups in total. The molecule has 8 nitrogen and oxygen atoms in total. The van der Waals surface area contributed by atoms with Gasteiger partial charge in [-0.1, -0.05) is 0 Å². The number of nitrogens with one attached hydrogen (secondary N) is 1. The Morgan fingerprint density at radius 1 is 1.36 bits per heavy atom. The van der Waals surface area contributed by atoms with Gasteiger partial charge in [-0.25, -0.2) is 9.48 Å². The van der Waals surface area contributed by atoms with Crippen LogP contribution in [0, 0.1) is 0 Å². The van der Waals surface area contributed by atoms with Gasteiger partial charge in [-0.05, 0) is 18.2 Å². The molecule has 1 aliphatic rings. The number of aliphatic carboxylic acids is 1. The molecule has 1 aliphatic heterocycles. The number of carboxylic acids is 1. The van der Waals surface area contributed by atoms with E-state index in [0.717, 1.165) is 5.56 Å². The normalized spacial score (nSPS) is 16.3. The van der Waals surface area contributed by atoms with Gasteiger partial charge in [-0.2, -0.15) is 10.1 Å². The third-order valence-corrected chi connectivity index (χ3v) is 3.40. The van der Waals surface area contributed by atoms with Crippen molar-refractivity contribution in [2.24, 2.45) is 0 Å². The maximum Gasteiger partial charge on any atom is 0.352 e. The highest BCUT2D eigenvalue weighted by molar-refractivity contribution is 5.90. The minimum atomic E-state index is -1.06. The molecule has 1 atom stereocenters. The van der Waals surface area contributed by atoms with Crippen LogP contribution in [0.4, 0.5) is 5.95 Å². The summed E-state index contributed by atoms with van der Waals surface area (Å²) in [6.07, 6.45) is 2.93. The standard InChI is InChI=1S/C14H14N4O4/c1-21-8-3-4-9(12(5-8)22-2)11-6-10(13(19)20)17-14-15-7-16-18(11)14/h3-7,11H,1-2H3,(H,19,20)(H,15,16,17)/t11-/m1/s1. The maximum atomic E-state index is 11.3. The van der Waals surface area contributed by atoms with Crippen molar-refractivity contribution in [1.29, 1.82) is 0 Å². The Hall–Kier alpha value is -3.03. The summed E-state index contributed by atoms with van der Waals surface area (Å²) in [5.74, 6) is 0.527. The number of carbonyl (C=O) groups is 1. The lowest BCUT2D eigenvalue weighted by atomic mass is 10.0. The summed E-state index contributed by atoms with van der Waals surface area (Å²) in [5, 5.41) is 16.1. The number of rotatable bonds is 4. The number of methoxy groups -OCH3 is 2. The smallest absolute Gasteiger partial charge is 0.352 e. The number of carboxylic acid groups (broad SMARTS) is 1. The second kappa shape index (κ2) is 5.40. The molecule has 0 radical (unpaired) electrons. The lowest BCUT2D eigenvalue weighted by Gasteiger charge is -2.24. The van der Waals surface area contributed by atoms with Gasteiger partial charge in [0.2, 0.25) is 5.95 Å². The summed E-state index contributed by atoms with van der Waals surface area (Å²) in [5.41, 5.74) is 0.804. The molecule has 0 fully saturated rings. The van der Waals surface area contributed by atoms with Crippen LogP contribution < -0.4 is 14.8 Å². The molecule has 114 valence electrons. The minimum absolute atomic E-state index is 0.0448. The minimum Gasteiger partial charge on any atom is -0.497 e. The lowest BCUT2D eigenvalue weighted by molar-refractivity contribution is -0.132. The zero-order chi connectivity index (χ0) is 15.7. The highest BCUT2D eigenvalue weighted by Crippen LogP contribution is 2.35. The molecule has 0 saturated heterocycles. The Morgan fingerprint density at radius 2 is 2.18 bits per heavy atom. The molecule has 3 rings (SSSR count). The third kappa shape index (κ3) is 2.24. The zero-order valence-corrected chi connectivity index (χ0v) is 12.0. The number of anilines is 1. The fraction of sp³-hybridized carbons (Fsp3) is 0.214. The molecule has 0 saturated carbocycles. The van der Waals surface area contributed by atoms with Gasteiger partial charge in [-0.15, -0.1) is 0 Å². The van der Waals surface area contributed by atoms with Crippen molar-refractivity contribution in [3.8, 4) is 11.5 Å². The van der Waals surface area contributed by atoms with Crippen molar-refractivity contribution in [2.45, 2.75) is 6.04 Å². The fourth-order valence-corrected chi connectivity index (χ4v) is 2.34. The quantitative estimate of drug-likeness (QED) is 0.877. The first-order chi connectivity index (χ1) is 10.6. The van der Waals surface area contributed by atoms with E-state index in [1.807, 2.05) is 6.07 Å². The maximum absolute atomic E-state index is 11.3. The second-order valence-corrected chi connectivity index (χ2v) is 4.59. The van der Waals surface area contributed by atoms with Crippen LogP contribution in [0.5, 0.6) is 11.5 Å². The average molecular weight is 302 g/mol. The van der Waals surface area contributed by atoms with Crippen LogP contribution in [0.1, 0.15) is 11.6 Å². The van der Waals surface area contributed by atoms with Crippen LogP contribution in [-0.4, -0.2) is 40.1 Å².